The number of ether oxygens (including phenoxy) is 1. The number of hydrogen-bond acceptors (Lipinski definition) is 3. The minimum Gasteiger partial charge on any atom is -0.482 e. The Labute approximate surface area is 113 Å². The highest BCUT2D eigenvalue weighted by Crippen LogP contribution is 2.38. The molecule has 0 spiro atoms. The minimum absolute atomic E-state index is 0.0402. The van der Waals surface area contributed by atoms with Gasteiger partial charge >= 0.3 is 0 Å². The summed E-state index contributed by atoms with van der Waals surface area (Å²) in [5.74, 6) is 1.28. The lowest BCUT2D eigenvalue weighted by Crippen LogP contribution is -2.48. The lowest BCUT2D eigenvalue weighted by molar-refractivity contribution is 0.155. The van der Waals surface area contributed by atoms with Crippen molar-refractivity contribution in [3.05, 3.63) is 0 Å². The van der Waals surface area contributed by atoms with Crippen LogP contribution in [-0.2, 0) is 9.16 Å². The van der Waals surface area contributed by atoms with Crippen molar-refractivity contribution in [2.45, 2.75) is 64.8 Å². The van der Waals surface area contributed by atoms with E-state index in [2.05, 4.69) is 45.8 Å². The highest BCUT2D eigenvalue weighted by molar-refractivity contribution is 6.74. The third-order valence-corrected chi connectivity index (χ3v) is 8.74. The second-order valence-electron chi connectivity index (χ2n) is 6.84. The van der Waals surface area contributed by atoms with Crippen LogP contribution in [0.25, 0.3) is 0 Å². The molecule has 1 heterocycles. The van der Waals surface area contributed by atoms with Crippen LogP contribution in [0.5, 0.6) is 0 Å². The third-order valence-electron chi connectivity index (χ3n) is 4.28. The molecule has 0 saturated carbocycles. The second kappa shape index (κ2) is 5.74. The average Bonchev–Trinajstić information content (AvgIpc) is 2.40. The van der Waals surface area contributed by atoms with E-state index in [0.29, 0.717) is 5.92 Å². The van der Waals surface area contributed by atoms with Gasteiger partial charge in [0, 0.05) is 6.54 Å². The number of hydrogen-bond donors (Lipinski definition) is 0. The SMILES string of the molecule is COC1=NCCCC(C)C1O[Si](C)(C)C(C)(C)C. The van der Waals surface area contributed by atoms with E-state index in [1.807, 2.05) is 0 Å². The fraction of sp³-hybridized carbons (Fsp3) is 0.929. The number of rotatable bonds is 2. The van der Waals surface area contributed by atoms with Gasteiger partial charge in [-0.3, -0.25) is 4.99 Å². The summed E-state index contributed by atoms with van der Waals surface area (Å²) in [6.45, 7) is 14.5. The second-order valence-corrected chi connectivity index (χ2v) is 11.6. The summed E-state index contributed by atoms with van der Waals surface area (Å²) < 4.78 is 12.0. The first-order chi connectivity index (χ1) is 8.19. The van der Waals surface area contributed by atoms with Crippen LogP contribution in [-0.4, -0.2) is 34.0 Å². The first-order valence-corrected chi connectivity index (χ1v) is 9.86. The maximum absolute atomic E-state index is 6.52. The monoisotopic (exact) mass is 271 g/mol. The van der Waals surface area contributed by atoms with Crippen LogP contribution in [0.2, 0.25) is 18.1 Å². The fourth-order valence-electron chi connectivity index (χ4n) is 1.93. The molecular weight excluding hydrogens is 242 g/mol. The maximum Gasteiger partial charge on any atom is 0.212 e. The Hall–Kier alpha value is -0.353. The van der Waals surface area contributed by atoms with E-state index in [9.17, 15) is 0 Å². The Balaban J connectivity index is 2.90. The van der Waals surface area contributed by atoms with Crippen molar-refractivity contribution in [1.29, 1.82) is 0 Å². The zero-order valence-electron chi connectivity index (χ0n) is 13.0. The quantitative estimate of drug-likeness (QED) is 0.714. The van der Waals surface area contributed by atoms with Crippen molar-refractivity contribution in [2.24, 2.45) is 10.9 Å². The molecule has 1 aliphatic rings. The van der Waals surface area contributed by atoms with E-state index in [4.69, 9.17) is 9.16 Å². The summed E-state index contributed by atoms with van der Waals surface area (Å²) in [5.41, 5.74) is 0. The molecule has 18 heavy (non-hydrogen) atoms. The van der Waals surface area contributed by atoms with Gasteiger partial charge in [-0.2, -0.15) is 0 Å². The predicted molar refractivity (Wildman–Crippen MR) is 79.8 cm³/mol. The topological polar surface area (TPSA) is 30.8 Å². The molecule has 106 valence electrons. The summed E-state index contributed by atoms with van der Waals surface area (Å²) in [7, 11) is -0.0682. The van der Waals surface area contributed by atoms with Crippen LogP contribution in [0, 0.1) is 5.92 Å². The van der Waals surface area contributed by atoms with Crippen molar-refractivity contribution < 1.29 is 9.16 Å². The molecule has 1 rings (SSSR count). The molecule has 0 bridgehead atoms. The molecule has 3 nitrogen and oxygen atoms in total. The van der Waals surface area contributed by atoms with Crippen molar-refractivity contribution in [2.75, 3.05) is 13.7 Å². The van der Waals surface area contributed by atoms with E-state index < -0.39 is 8.32 Å². The molecule has 0 N–H and O–H groups in total. The third kappa shape index (κ3) is 3.57. The van der Waals surface area contributed by atoms with Crippen LogP contribution < -0.4 is 0 Å². The van der Waals surface area contributed by atoms with Crippen LogP contribution in [0.15, 0.2) is 4.99 Å². The Morgan fingerprint density at radius 3 is 2.39 bits per heavy atom. The molecule has 2 atom stereocenters. The molecule has 0 radical (unpaired) electrons. The predicted octanol–water partition coefficient (Wildman–Crippen LogP) is 3.85. The summed E-state index contributed by atoms with van der Waals surface area (Å²) in [6, 6.07) is 0. The minimum atomic E-state index is -1.78. The van der Waals surface area contributed by atoms with E-state index in [0.717, 1.165) is 25.3 Å². The van der Waals surface area contributed by atoms with Gasteiger partial charge in [-0.25, -0.2) is 0 Å². The number of methoxy groups -OCH3 is 1. The zero-order valence-corrected chi connectivity index (χ0v) is 14.0. The van der Waals surface area contributed by atoms with Crippen LogP contribution in [0.4, 0.5) is 0 Å². The average molecular weight is 271 g/mol. The first-order valence-electron chi connectivity index (χ1n) is 6.95. The molecule has 0 aromatic rings. The summed E-state index contributed by atoms with van der Waals surface area (Å²) in [4.78, 5) is 4.53. The smallest absolute Gasteiger partial charge is 0.212 e. The lowest BCUT2D eigenvalue weighted by Gasteiger charge is -2.40. The number of aliphatic imine (C=N–C) groups is 1. The van der Waals surface area contributed by atoms with Gasteiger partial charge in [-0.15, -0.1) is 0 Å². The number of nitrogens with zero attached hydrogens (tertiary/aromatic N) is 1. The molecule has 0 fully saturated rings. The van der Waals surface area contributed by atoms with Gasteiger partial charge < -0.3 is 9.16 Å². The molecule has 0 amide bonds. The molecule has 0 saturated heterocycles. The molecular formula is C14H29NO2Si. The first kappa shape index (κ1) is 15.7. The van der Waals surface area contributed by atoms with Crippen molar-refractivity contribution in [3.8, 4) is 0 Å². The van der Waals surface area contributed by atoms with Gasteiger partial charge in [0.25, 0.3) is 0 Å². The van der Waals surface area contributed by atoms with Gasteiger partial charge in [0.15, 0.2) is 8.32 Å². The van der Waals surface area contributed by atoms with Gasteiger partial charge in [-0.1, -0.05) is 27.7 Å². The molecule has 0 aromatic heterocycles. The fourth-order valence-corrected chi connectivity index (χ4v) is 3.25. The Kier molecular flexibility index (Phi) is 5.01. The van der Waals surface area contributed by atoms with E-state index >= 15 is 0 Å². The molecule has 2 unspecified atom stereocenters. The van der Waals surface area contributed by atoms with Gasteiger partial charge in [0.05, 0.1) is 7.11 Å². The van der Waals surface area contributed by atoms with Gasteiger partial charge in [0.2, 0.25) is 5.90 Å². The standard InChI is InChI=1S/C14H29NO2Si/c1-11-9-8-10-15-13(16-5)12(11)17-18(6,7)14(2,3)4/h11-12H,8-10H2,1-7H3. The highest BCUT2D eigenvalue weighted by atomic mass is 28.4. The summed E-state index contributed by atoms with van der Waals surface area (Å²) in [5, 5.41) is 0.220. The molecule has 1 aliphatic heterocycles. The largest absolute Gasteiger partial charge is 0.482 e. The maximum atomic E-state index is 6.52. The van der Waals surface area contributed by atoms with Crippen LogP contribution >= 0.6 is 0 Å². The summed E-state index contributed by atoms with van der Waals surface area (Å²) >= 11 is 0. The van der Waals surface area contributed by atoms with E-state index in [1.165, 1.54) is 0 Å². The Morgan fingerprint density at radius 1 is 1.28 bits per heavy atom. The Morgan fingerprint density at radius 2 is 1.89 bits per heavy atom. The van der Waals surface area contributed by atoms with Crippen molar-refractivity contribution >= 4 is 14.2 Å². The van der Waals surface area contributed by atoms with Crippen molar-refractivity contribution in [1.82, 2.24) is 0 Å². The normalized spacial score (nSPS) is 26.5. The van der Waals surface area contributed by atoms with Crippen LogP contribution in [0.1, 0.15) is 40.5 Å². The lowest BCUT2D eigenvalue weighted by atomic mass is 10.0. The van der Waals surface area contributed by atoms with E-state index in [-0.39, 0.29) is 11.1 Å². The molecule has 0 aromatic carbocycles. The van der Waals surface area contributed by atoms with Crippen LogP contribution in [0.3, 0.4) is 0 Å². The molecule has 4 heteroatoms. The zero-order chi connectivity index (χ0) is 14.0. The van der Waals surface area contributed by atoms with Crippen molar-refractivity contribution in [3.63, 3.8) is 0 Å². The van der Waals surface area contributed by atoms with Gasteiger partial charge in [-0.05, 0) is 36.9 Å². The van der Waals surface area contributed by atoms with Gasteiger partial charge in [0.1, 0.15) is 6.10 Å². The van der Waals surface area contributed by atoms with E-state index in [1.54, 1.807) is 7.11 Å². The Bertz CT molecular complexity index is 307. The molecule has 0 aliphatic carbocycles. The highest BCUT2D eigenvalue weighted by Gasteiger charge is 2.42. The summed E-state index contributed by atoms with van der Waals surface area (Å²) in [6.07, 6.45) is 2.33.